The molecule has 1 aliphatic rings. The zero-order chi connectivity index (χ0) is 19.6. The highest BCUT2D eigenvalue weighted by Gasteiger charge is 2.23. The van der Waals surface area contributed by atoms with E-state index in [4.69, 9.17) is 0 Å². The second kappa shape index (κ2) is 7.72. The summed E-state index contributed by atoms with van der Waals surface area (Å²) in [6.07, 6.45) is 3.00. The van der Waals surface area contributed by atoms with Crippen molar-refractivity contribution in [2.75, 3.05) is 18.4 Å². The zero-order valence-electron chi connectivity index (χ0n) is 16.7. The van der Waals surface area contributed by atoms with Crippen LogP contribution in [0, 0.1) is 6.92 Å². The number of H-pyrrole nitrogens is 1. The minimum atomic E-state index is 0.463. The number of pyridine rings is 1. The van der Waals surface area contributed by atoms with Crippen molar-refractivity contribution in [3.63, 3.8) is 0 Å². The number of rotatable bonds is 5. The normalized spacial score (nSPS) is 17.1. The molecule has 1 saturated heterocycles. The Morgan fingerprint density at radius 2 is 1.93 bits per heavy atom. The highest BCUT2D eigenvalue weighted by atomic mass is 15.2. The number of nitrogens with one attached hydrogen (secondary N) is 2. The van der Waals surface area contributed by atoms with Crippen LogP contribution in [0.3, 0.4) is 0 Å². The molecule has 0 bridgehead atoms. The minimum Gasteiger partial charge on any atom is -0.379 e. The number of aryl methyl sites for hydroxylation is 1. The Hall–Kier alpha value is -3.11. The molecule has 1 atom stereocenters. The molecule has 0 amide bonds. The van der Waals surface area contributed by atoms with Crippen molar-refractivity contribution in [2.45, 2.75) is 25.9 Å². The Morgan fingerprint density at radius 3 is 2.76 bits per heavy atom. The molecule has 29 heavy (non-hydrogen) atoms. The molecule has 1 aliphatic heterocycles. The third kappa shape index (κ3) is 3.89. The van der Waals surface area contributed by atoms with Gasteiger partial charge in [0.25, 0.3) is 0 Å². The largest absolute Gasteiger partial charge is 0.379 e. The van der Waals surface area contributed by atoms with Gasteiger partial charge in [-0.3, -0.25) is 9.88 Å². The van der Waals surface area contributed by atoms with E-state index in [0.717, 1.165) is 43.0 Å². The summed E-state index contributed by atoms with van der Waals surface area (Å²) < 4.78 is 0. The van der Waals surface area contributed by atoms with Crippen LogP contribution in [0.15, 0.2) is 72.9 Å². The average Bonchev–Trinajstić information content (AvgIpc) is 3.36. The SMILES string of the molecule is Cc1cc(NC2CCN(Cc3ccccc3)C2)c2[nH]c(-c3ccccn3)cc2c1. The summed E-state index contributed by atoms with van der Waals surface area (Å²) in [6.45, 7) is 5.38. The van der Waals surface area contributed by atoms with Crippen molar-refractivity contribution < 1.29 is 0 Å². The number of hydrogen-bond acceptors (Lipinski definition) is 3. The number of aromatic nitrogens is 2. The van der Waals surface area contributed by atoms with Crippen molar-refractivity contribution in [1.82, 2.24) is 14.9 Å². The van der Waals surface area contributed by atoms with Gasteiger partial charge in [0.2, 0.25) is 0 Å². The fraction of sp³-hybridized carbons (Fsp3) is 0.240. The molecular formula is C25H26N4. The number of fused-ring (bicyclic) bond motifs is 1. The molecule has 4 nitrogen and oxygen atoms in total. The Bertz CT molecular complexity index is 1100. The molecule has 2 aromatic carbocycles. The lowest BCUT2D eigenvalue weighted by atomic mass is 10.1. The zero-order valence-corrected chi connectivity index (χ0v) is 16.7. The van der Waals surface area contributed by atoms with E-state index < -0.39 is 0 Å². The number of benzene rings is 2. The lowest BCUT2D eigenvalue weighted by Crippen LogP contribution is -2.26. The van der Waals surface area contributed by atoms with Crippen molar-refractivity contribution in [1.29, 1.82) is 0 Å². The Morgan fingerprint density at radius 1 is 1.07 bits per heavy atom. The molecule has 4 heteroatoms. The summed E-state index contributed by atoms with van der Waals surface area (Å²) in [5.41, 5.74) is 7.04. The Balaban J connectivity index is 1.36. The number of nitrogens with zero attached hydrogens (tertiary/aromatic N) is 2. The molecule has 3 heterocycles. The van der Waals surface area contributed by atoms with Gasteiger partial charge >= 0.3 is 0 Å². The standard InChI is InChI=1S/C25H26N4/c1-18-13-20-15-23(22-9-5-6-11-26-22)28-25(20)24(14-18)27-21-10-12-29(17-21)16-19-7-3-2-4-8-19/h2-9,11,13-15,21,27-28H,10,12,16-17H2,1H3. The molecule has 2 N–H and O–H groups in total. The number of anilines is 1. The van der Waals surface area contributed by atoms with E-state index in [9.17, 15) is 0 Å². The fourth-order valence-corrected chi connectivity index (χ4v) is 4.32. The van der Waals surface area contributed by atoms with E-state index in [2.05, 4.69) is 75.6 Å². The van der Waals surface area contributed by atoms with Crippen LogP contribution in [-0.4, -0.2) is 34.0 Å². The molecule has 0 spiro atoms. The molecule has 1 fully saturated rings. The van der Waals surface area contributed by atoms with E-state index in [1.807, 2.05) is 24.4 Å². The van der Waals surface area contributed by atoms with Crippen LogP contribution < -0.4 is 5.32 Å². The predicted molar refractivity (Wildman–Crippen MR) is 120 cm³/mol. The molecule has 4 aromatic rings. The third-order valence-electron chi connectivity index (χ3n) is 5.69. The average molecular weight is 383 g/mol. The summed E-state index contributed by atoms with van der Waals surface area (Å²) in [5.74, 6) is 0. The third-order valence-corrected chi connectivity index (χ3v) is 5.69. The van der Waals surface area contributed by atoms with Gasteiger partial charge < -0.3 is 10.3 Å². The first-order chi connectivity index (χ1) is 14.2. The van der Waals surface area contributed by atoms with Gasteiger partial charge in [0, 0.05) is 37.3 Å². The second-order valence-electron chi connectivity index (χ2n) is 8.03. The highest BCUT2D eigenvalue weighted by molar-refractivity contribution is 5.95. The van der Waals surface area contributed by atoms with E-state index in [1.165, 1.54) is 22.2 Å². The number of likely N-dealkylation sites (tertiary alicyclic amines) is 1. The van der Waals surface area contributed by atoms with E-state index >= 15 is 0 Å². The first kappa shape index (κ1) is 18.0. The maximum Gasteiger partial charge on any atom is 0.0864 e. The van der Waals surface area contributed by atoms with Crippen molar-refractivity contribution in [3.8, 4) is 11.4 Å². The molecule has 5 rings (SSSR count). The summed E-state index contributed by atoms with van der Waals surface area (Å²) in [5, 5.41) is 5.04. The molecule has 0 aliphatic carbocycles. The Labute approximate surface area is 171 Å². The van der Waals surface area contributed by atoms with Crippen LogP contribution in [0.4, 0.5) is 5.69 Å². The van der Waals surface area contributed by atoms with Crippen LogP contribution in [0.25, 0.3) is 22.3 Å². The maximum absolute atomic E-state index is 4.49. The molecule has 1 unspecified atom stereocenters. The molecule has 0 radical (unpaired) electrons. The second-order valence-corrected chi connectivity index (χ2v) is 8.03. The first-order valence-electron chi connectivity index (χ1n) is 10.3. The number of aromatic amines is 1. The van der Waals surface area contributed by atoms with Crippen LogP contribution >= 0.6 is 0 Å². The van der Waals surface area contributed by atoms with Crippen molar-refractivity contribution in [3.05, 3.63) is 84.1 Å². The van der Waals surface area contributed by atoms with Gasteiger partial charge in [0.05, 0.1) is 22.6 Å². The topological polar surface area (TPSA) is 44.0 Å². The number of hydrogen-bond donors (Lipinski definition) is 2. The molecular weight excluding hydrogens is 356 g/mol. The van der Waals surface area contributed by atoms with Crippen molar-refractivity contribution in [2.24, 2.45) is 0 Å². The van der Waals surface area contributed by atoms with Crippen LogP contribution in [0.5, 0.6) is 0 Å². The highest BCUT2D eigenvalue weighted by Crippen LogP contribution is 2.30. The van der Waals surface area contributed by atoms with Crippen LogP contribution in [0.2, 0.25) is 0 Å². The molecule has 0 saturated carbocycles. The lowest BCUT2D eigenvalue weighted by molar-refractivity contribution is 0.328. The summed E-state index contributed by atoms with van der Waals surface area (Å²) >= 11 is 0. The Kier molecular flexibility index (Phi) is 4.78. The van der Waals surface area contributed by atoms with Gasteiger partial charge in [-0.05, 0) is 54.8 Å². The van der Waals surface area contributed by atoms with Gasteiger partial charge in [0.15, 0.2) is 0 Å². The minimum absolute atomic E-state index is 0.463. The molecule has 2 aromatic heterocycles. The predicted octanol–water partition coefficient (Wildman–Crippen LogP) is 5.22. The summed E-state index contributed by atoms with van der Waals surface area (Å²) in [4.78, 5) is 10.6. The summed E-state index contributed by atoms with van der Waals surface area (Å²) in [7, 11) is 0. The molecule has 146 valence electrons. The van der Waals surface area contributed by atoms with Crippen molar-refractivity contribution >= 4 is 16.6 Å². The van der Waals surface area contributed by atoms with E-state index in [0.29, 0.717) is 6.04 Å². The van der Waals surface area contributed by atoms with Gasteiger partial charge in [0.1, 0.15) is 0 Å². The van der Waals surface area contributed by atoms with Gasteiger partial charge in [-0.15, -0.1) is 0 Å². The van der Waals surface area contributed by atoms with Crippen LogP contribution in [-0.2, 0) is 6.54 Å². The smallest absolute Gasteiger partial charge is 0.0864 e. The maximum atomic E-state index is 4.49. The van der Waals surface area contributed by atoms with Gasteiger partial charge in [-0.25, -0.2) is 0 Å². The first-order valence-corrected chi connectivity index (χ1v) is 10.3. The summed E-state index contributed by atoms with van der Waals surface area (Å²) in [6, 6.07) is 23.9. The van der Waals surface area contributed by atoms with Gasteiger partial charge in [-0.1, -0.05) is 36.4 Å². The van der Waals surface area contributed by atoms with Crippen LogP contribution in [0.1, 0.15) is 17.5 Å². The monoisotopic (exact) mass is 382 g/mol. The lowest BCUT2D eigenvalue weighted by Gasteiger charge is -2.18. The van der Waals surface area contributed by atoms with Gasteiger partial charge in [-0.2, -0.15) is 0 Å². The quantitative estimate of drug-likeness (QED) is 0.497. The van der Waals surface area contributed by atoms with E-state index in [-0.39, 0.29) is 0 Å². The van der Waals surface area contributed by atoms with E-state index in [1.54, 1.807) is 0 Å². The fourth-order valence-electron chi connectivity index (χ4n) is 4.32.